The number of alkyl halides is 1. The monoisotopic (exact) mass is 745 g/mol. The van der Waals surface area contributed by atoms with Crippen LogP contribution in [0.25, 0.3) is 28.0 Å². The Labute approximate surface area is 276 Å². The van der Waals surface area contributed by atoms with Crippen LogP contribution in [0.15, 0.2) is 43.1 Å². The number of nitrogens with zero attached hydrogens (tertiary/aromatic N) is 9. The molecule has 254 valence electrons. The summed E-state index contributed by atoms with van der Waals surface area (Å²) in [6.45, 7) is -9.96. The number of aromatic nitrogens is 8. The van der Waals surface area contributed by atoms with Crippen LogP contribution in [-0.4, -0.2) is 104 Å². The third kappa shape index (κ3) is 5.53. The lowest BCUT2D eigenvalue weighted by molar-refractivity contribution is -0.383. The lowest BCUT2D eigenvalue weighted by Crippen LogP contribution is -2.35. The number of non-ortho nitro benzene ring substituents is 1. The van der Waals surface area contributed by atoms with Gasteiger partial charge in [-0.05, 0) is 17.9 Å². The molecule has 4 aromatic heterocycles. The van der Waals surface area contributed by atoms with Crippen molar-refractivity contribution in [1.29, 1.82) is 0 Å². The molecule has 3 saturated heterocycles. The van der Waals surface area contributed by atoms with Gasteiger partial charge in [0, 0.05) is 24.7 Å². The van der Waals surface area contributed by atoms with Crippen LogP contribution >= 0.6 is 25.8 Å². The number of hydrogen-bond acceptors (Lipinski definition) is 16. The molecule has 3 fully saturated rings. The van der Waals surface area contributed by atoms with E-state index in [4.69, 9.17) is 39.4 Å². The van der Waals surface area contributed by atoms with E-state index in [-0.39, 0.29) is 16.7 Å². The van der Waals surface area contributed by atoms with Crippen molar-refractivity contribution in [3.05, 3.63) is 53.2 Å². The van der Waals surface area contributed by atoms with Crippen molar-refractivity contribution in [2.75, 3.05) is 13.2 Å². The molecule has 8 rings (SSSR count). The fraction of sp³-hybridized carbons (Fsp3) is 0.435. The summed E-state index contributed by atoms with van der Waals surface area (Å²) in [7, 11) is 0. The van der Waals surface area contributed by atoms with Crippen LogP contribution in [0.2, 0.25) is 0 Å². The van der Waals surface area contributed by atoms with Gasteiger partial charge in [0.1, 0.15) is 36.0 Å². The molecule has 0 saturated carbocycles. The van der Waals surface area contributed by atoms with E-state index >= 15 is 4.39 Å². The standard InChI is InChI=1S/C23H22FN9O11P2S2/c24-15-18-14(42-21(15)30-6-12-20(26-9-30)27-23-25-4-5-31(12)23)8-40-46(38,48)44-19-17(34)13(7-39-45(37,47)43-18)41-22(19)32-10-2-1-3-11(33(35)36)16(10)28-29-32/h1-6,9,13-15,17-19,21-22,34H,7-8H2,(H,37,47)(H,38,48)/t13-,14-,15-,17-,18-,19-,21-,22-,45?,46?/m1/s1. The van der Waals surface area contributed by atoms with Gasteiger partial charge in [-0.1, -0.05) is 23.5 Å². The van der Waals surface area contributed by atoms with E-state index in [9.17, 15) is 24.7 Å². The van der Waals surface area contributed by atoms with Crippen molar-refractivity contribution in [3.8, 4) is 0 Å². The Balaban J connectivity index is 1.10. The molecule has 0 aliphatic carbocycles. The molecule has 2 unspecified atom stereocenters. The number of hydrogen-bond donors (Lipinski definition) is 3. The van der Waals surface area contributed by atoms with Crippen molar-refractivity contribution in [2.45, 2.75) is 49.1 Å². The smallest absolute Gasteiger partial charge is 0.386 e. The molecule has 25 heteroatoms. The Kier molecular flexibility index (Phi) is 7.90. The number of benzene rings is 1. The lowest BCUT2D eigenvalue weighted by atomic mass is 10.1. The van der Waals surface area contributed by atoms with Crippen LogP contribution < -0.4 is 0 Å². The molecule has 0 radical (unpaired) electrons. The highest BCUT2D eigenvalue weighted by Crippen LogP contribution is 2.58. The van der Waals surface area contributed by atoms with Gasteiger partial charge in [0.25, 0.3) is 5.69 Å². The molecule has 10 atom stereocenters. The van der Waals surface area contributed by atoms with Gasteiger partial charge in [0.15, 0.2) is 29.8 Å². The average Bonchev–Trinajstić information content (AvgIpc) is 3.85. The molecule has 2 N–H and O–H groups in total. The summed E-state index contributed by atoms with van der Waals surface area (Å²) in [5.41, 5.74) is 0.550. The summed E-state index contributed by atoms with van der Waals surface area (Å²) >= 11 is 9.25. The van der Waals surface area contributed by atoms with Crippen LogP contribution in [0.5, 0.6) is 0 Å². The first kappa shape index (κ1) is 32.2. The summed E-state index contributed by atoms with van der Waals surface area (Å²) in [6, 6.07) is 4.09. The molecule has 0 amide bonds. The van der Waals surface area contributed by atoms with Crippen LogP contribution in [0, 0.1) is 10.1 Å². The third-order valence-corrected chi connectivity index (χ3v) is 11.2. The lowest BCUT2D eigenvalue weighted by Gasteiger charge is -2.26. The van der Waals surface area contributed by atoms with Crippen molar-refractivity contribution >= 4 is 71.2 Å². The molecule has 2 bridgehead atoms. The van der Waals surface area contributed by atoms with Gasteiger partial charge in [-0.15, -0.1) is 5.10 Å². The highest BCUT2D eigenvalue weighted by molar-refractivity contribution is 8.44. The molecule has 3 aliphatic heterocycles. The number of aliphatic hydroxyl groups excluding tert-OH is 1. The zero-order valence-corrected chi connectivity index (χ0v) is 27.3. The highest BCUT2D eigenvalue weighted by Gasteiger charge is 2.53. The molecular weight excluding hydrogens is 723 g/mol. The quantitative estimate of drug-likeness (QED) is 0.104. The fourth-order valence-corrected chi connectivity index (χ4v) is 8.72. The molecule has 5 aromatic rings. The number of ether oxygens (including phenoxy) is 2. The number of thiol groups is 1. The van der Waals surface area contributed by atoms with E-state index in [1.807, 2.05) is 0 Å². The second-order valence-corrected chi connectivity index (χ2v) is 16.6. The number of halogens is 1. The summed E-state index contributed by atoms with van der Waals surface area (Å²) in [6.07, 6.45) is -6.13. The largest absolute Gasteiger partial charge is 0.387 e. The van der Waals surface area contributed by atoms with E-state index < -0.39 is 80.8 Å². The number of imidazole rings is 2. The zero-order chi connectivity index (χ0) is 33.5. The fourth-order valence-electron chi connectivity index (χ4n) is 5.82. The summed E-state index contributed by atoms with van der Waals surface area (Å²) in [5, 5.41) is 30.5. The second kappa shape index (κ2) is 11.8. The third-order valence-electron chi connectivity index (χ3n) is 8.01. The summed E-state index contributed by atoms with van der Waals surface area (Å²) in [5.74, 6) is 0.389. The predicted molar refractivity (Wildman–Crippen MR) is 164 cm³/mol. The molecule has 0 spiro atoms. The normalized spacial score (nSPS) is 36.2. The number of aliphatic hydroxyl groups is 1. The number of nitro groups is 1. The first-order chi connectivity index (χ1) is 22.9. The van der Waals surface area contributed by atoms with Gasteiger partial charge < -0.3 is 28.6 Å². The van der Waals surface area contributed by atoms with Crippen molar-refractivity contribution in [3.63, 3.8) is 0 Å². The van der Waals surface area contributed by atoms with Gasteiger partial charge in [-0.3, -0.25) is 28.1 Å². The Morgan fingerprint density at radius 3 is 2.71 bits per heavy atom. The minimum absolute atomic E-state index is 0.0888. The minimum atomic E-state index is -4.43. The van der Waals surface area contributed by atoms with Crippen LogP contribution in [-0.2, 0) is 43.9 Å². The molecule has 3 aliphatic rings. The first-order valence-electron chi connectivity index (χ1n) is 14.0. The first-order valence-corrected chi connectivity index (χ1v) is 19.3. The van der Waals surface area contributed by atoms with E-state index in [0.29, 0.717) is 16.9 Å². The minimum Gasteiger partial charge on any atom is -0.387 e. The van der Waals surface area contributed by atoms with E-state index in [1.165, 1.54) is 35.3 Å². The van der Waals surface area contributed by atoms with Gasteiger partial charge in [-0.2, -0.15) is 4.98 Å². The molecule has 48 heavy (non-hydrogen) atoms. The van der Waals surface area contributed by atoms with Crippen molar-refractivity contribution in [1.82, 2.24) is 38.9 Å². The van der Waals surface area contributed by atoms with Gasteiger partial charge in [0.2, 0.25) is 5.78 Å². The Morgan fingerprint density at radius 2 is 1.90 bits per heavy atom. The molecule has 20 nitrogen and oxygen atoms in total. The maximum Gasteiger partial charge on any atom is 0.386 e. The zero-order valence-electron chi connectivity index (χ0n) is 23.8. The van der Waals surface area contributed by atoms with Crippen molar-refractivity contribution in [2.24, 2.45) is 0 Å². The van der Waals surface area contributed by atoms with Crippen LogP contribution in [0.4, 0.5) is 10.1 Å². The molecule has 1 aromatic carbocycles. The molecular formula is C23H22FN9O11P2S2. The van der Waals surface area contributed by atoms with Crippen LogP contribution in [0.1, 0.15) is 12.5 Å². The Hall–Kier alpha value is -3.05. The van der Waals surface area contributed by atoms with E-state index in [2.05, 4.69) is 37.5 Å². The van der Waals surface area contributed by atoms with E-state index in [1.54, 1.807) is 16.8 Å². The second-order valence-electron chi connectivity index (χ2n) is 10.9. The summed E-state index contributed by atoms with van der Waals surface area (Å²) < 4.78 is 67.9. The Morgan fingerprint density at radius 1 is 1.10 bits per heavy atom. The van der Waals surface area contributed by atoms with E-state index in [0.717, 1.165) is 4.68 Å². The topological polar surface area (TPSA) is 235 Å². The van der Waals surface area contributed by atoms with Crippen LogP contribution in [0.3, 0.4) is 0 Å². The van der Waals surface area contributed by atoms with Crippen molar-refractivity contribution < 1.29 is 51.4 Å². The maximum atomic E-state index is 16.1. The van der Waals surface area contributed by atoms with Gasteiger partial charge in [0.05, 0.1) is 30.0 Å². The number of rotatable bonds is 3. The van der Waals surface area contributed by atoms with Gasteiger partial charge in [-0.25, -0.2) is 23.6 Å². The van der Waals surface area contributed by atoms with Gasteiger partial charge >= 0.3 is 13.5 Å². The number of fused-ring (bicyclic) bond motifs is 7. The maximum absolute atomic E-state index is 16.1. The predicted octanol–water partition coefficient (Wildman–Crippen LogP) is 2.00. The summed E-state index contributed by atoms with van der Waals surface area (Å²) in [4.78, 5) is 34.5. The SMILES string of the molecule is O=[N+]([O-])c1cccc2c1nnn2[C@@H]1O[C@@H]2COP(O)(=S)O[C@H]3[C@@H](F)[C@H](n4cnc5nc6nccn6c5c4)O[C@@H]3COP(=O)(S)O[C@@H]1[C@@H]2O. The highest BCUT2D eigenvalue weighted by atomic mass is 32.7. The Bertz CT molecular complexity index is 2170. The number of nitro benzene ring substituents is 1. The average molecular weight is 746 g/mol. The molecule has 7 heterocycles.